The van der Waals surface area contributed by atoms with Crippen LogP contribution in [0.15, 0.2) is 83.8 Å². The highest BCUT2D eigenvalue weighted by Crippen LogP contribution is 2.27. The lowest BCUT2D eigenvalue weighted by atomic mass is 10.1. The van der Waals surface area contributed by atoms with Crippen LogP contribution in [0.2, 0.25) is 0 Å². The van der Waals surface area contributed by atoms with E-state index in [0.717, 1.165) is 27.4 Å². The van der Waals surface area contributed by atoms with Crippen molar-refractivity contribution >= 4 is 27.5 Å². The minimum absolute atomic E-state index is 0.0505. The zero-order valence-corrected chi connectivity index (χ0v) is 24.2. The summed E-state index contributed by atoms with van der Waals surface area (Å²) in [5.41, 5.74) is 3.02. The Hall–Kier alpha value is -3.65. The van der Waals surface area contributed by atoms with E-state index < -0.39 is 28.5 Å². The summed E-state index contributed by atoms with van der Waals surface area (Å²) < 4.78 is 29.0. The predicted octanol–water partition coefficient (Wildman–Crippen LogP) is 5.22. The van der Waals surface area contributed by atoms with Gasteiger partial charge in [-0.15, -0.1) is 0 Å². The van der Waals surface area contributed by atoms with Crippen molar-refractivity contribution in [2.45, 2.75) is 71.0 Å². The summed E-state index contributed by atoms with van der Waals surface area (Å²) in [6.45, 7) is 9.27. The number of carbonyl (C=O) groups excluding carboxylic acids is 2. The fourth-order valence-corrected chi connectivity index (χ4v) is 5.90. The van der Waals surface area contributed by atoms with Crippen molar-refractivity contribution in [2.24, 2.45) is 0 Å². The van der Waals surface area contributed by atoms with Crippen LogP contribution in [-0.4, -0.2) is 43.8 Å². The first-order valence-corrected chi connectivity index (χ1v) is 14.8. The zero-order valence-electron chi connectivity index (χ0n) is 23.4. The summed E-state index contributed by atoms with van der Waals surface area (Å²) in [4.78, 5) is 29.0. The second-order valence-electron chi connectivity index (χ2n) is 9.92. The van der Waals surface area contributed by atoms with Gasteiger partial charge < -0.3 is 10.2 Å². The van der Waals surface area contributed by atoms with Crippen molar-refractivity contribution < 1.29 is 18.0 Å². The number of sulfonamides is 1. The molecule has 0 unspecified atom stereocenters. The molecule has 2 amide bonds. The molecule has 39 heavy (non-hydrogen) atoms. The predicted molar refractivity (Wildman–Crippen MR) is 156 cm³/mol. The van der Waals surface area contributed by atoms with Gasteiger partial charge in [0.2, 0.25) is 11.8 Å². The topological polar surface area (TPSA) is 86.8 Å². The molecule has 0 spiro atoms. The number of benzene rings is 3. The first-order chi connectivity index (χ1) is 18.6. The number of hydrogen-bond donors (Lipinski definition) is 1. The van der Waals surface area contributed by atoms with Crippen LogP contribution in [0.1, 0.15) is 50.3 Å². The molecule has 0 saturated heterocycles. The summed E-state index contributed by atoms with van der Waals surface area (Å²) in [6.07, 6.45) is 1.14. The molecule has 0 fully saturated rings. The molecule has 0 bridgehead atoms. The van der Waals surface area contributed by atoms with E-state index in [4.69, 9.17) is 0 Å². The number of nitrogens with one attached hydrogen (secondary N) is 1. The summed E-state index contributed by atoms with van der Waals surface area (Å²) in [6, 6.07) is 22.2. The number of anilines is 1. The lowest BCUT2D eigenvalue weighted by Crippen LogP contribution is -2.53. The molecule has 7 nitrogen and oxygen atoms in total. The zero-order chi connectivity index (χ0) is 28.6. The van der Waals surface area contributed by atoms with Crippen LogP contribution in [0.25, 0.3) is 0 Å². The van der Waals surface area contributed by atoms with E-state index in [-0.39, 0.29) is 23.4 Å². The van der Waals surface area contributed by atoms with Gasteiger partial charge in [0, 0.05) is 12.6 Å². The van der Waals surface area contributed by atoms with Gasteiger partial charge in [-0.2, -0.15) is 0 Å². The van der Waals surface area contributed by atoms with Crippen molar-refractivity contribution in [1.82, 2.24) is 10.2 Å². The minimum Gasteiger partial charge on any atom is -0.352 e. The van der Waals surface area contributed by atoms with Gasteiger partial charge in [-0.25, -0.2) is 8.42 Å². The van der Waals surface area contributed by atoms with Crippen LogP contribution < -0.4 is 9.62 Å². The third kappa shape index (κ3) is 7.69. The van der Waals surface area contributed by atoms with Gasteiger partial charge in [0.25, 0.3) is 10.0 Å². The van der Waals surface area contributed by atoms with Crippen LogP contribution >= 0.6 is 0 Å². The Kier molecular flexibility index (Phi) is 10.3. The van der Waals surface area contributed by atoms with E-state index in [1.165, 1.54) is 17.0 Å². The molecule has 208 valence electrons. The van der Waals surface area contributed by atoms with Gasteiger partial charge >= 0.3 is 0 Å². The van der Waals surface area contributed by atoms with Gasteiger partial charge in [0.05, 0.1) is 10.6 Å². The number of aryl methyl sites for hydroxylation is 2. The highest BCUT2D eigenvalue weighted by atomic mass is 32.2. The molecular formula is C31H39N3O4S. The Labute approximate surface area is 232 Å². The molecule has 1 N–H and O–H groups in total. The molecule has 3 aromatic rings. The molecule has 0 aromatic heterocycles. The minimum atomic E-state index is -4.08. The maximum Gasteiger partial charge on any atom is 0.264 e. The molecule has 3 rings (SSSR count). The molecule has 0 aliphatic rings. The lowest BCUT2D eigenvalue weighted by Gasteiger charge is -2.34. The maximum atomic E-state index is 14.1. The van der Waals surface area contributed by atoms with Crippen molar-refractivity contribution in [3.05, 3.63) is 95.6 Å². The van der Waals surface area contributed by atoms with Gasteiger partial charge in [-0.3, -0.25) is 13.9 Å². The Morgan fingerprint density at radius 1 is 0.846 bits per heavy atom. The molecule has 0 radical (unpaired) electrons. The van der Waals surface area contributed by atoms with E-state index in [0.29, 0.717) is 12.1 Å². The molecule has 0 aliphatic heterocycles. The summed E-state index contributed by atoms with van der Waals surface area (Å²) in [5.74, 6) is -0.705. The Morgan fingerprint density at radius 3 is 1.95 bits per heavy atom. The highest BCUT2D eigenvalue weighted by molar-refractivity contribution is 7.92. The van der Waals surface area contributed by atoms with Crippen LogP contribution in [0.5, 0.6) is 0 Å². The SMILES string of the molecule is CC[C@H](C(=O)N[C@@H](C)CC)N(Cc1ccccc1)C(=O)CN(c1cc(C)cc(C)c1)S(=O)(=O)c1ccccc1. The largest absolute Gasteiger partial charge is 0.352 e. The van der Waals surface area contributed by atoms with E-state index >= 15 is 0 Å². The summed E-state index contributed by atoms with van der Waals surface area (Å²) >= 11 is 0. The number of amides is 2. The first kappa shape index (κ1) is 29.9. The van der Waals surface area contributed by atoms with Gasteiger partial charge in [0.15, 0.2) is 0 Å². The second kappa shape index (κ2) is 13.4. The van der Waals surface area contributed by atoms with Crippen molar-refractivity contribution in [1.29, 1.82) is 0 Å². The van der Waals surface area contributed by atoms with E-state index in [9.17, 15) is 18.0 Å². The average Bonchev–Trinajstić information content (AvgIpc) is 2.91. The smallest absolute Gasteiger partial charge is 0.264 e. The van der Waals surface area contributed by atoms with Crippen LogP contribution in [0.4, 0.5) is 5.69 Å². The maximum absolute atomic E-state index is 14.1. The third-order valence-corrected chi connectivity index (χ3v) is 8.48. The third-order valence-electron chi connectivity index (χ3n) is 6.69. The monoisotopic (exact) mass is 549 g/mol. The lowest BCUT2D eigenvalue weighted by molar-refractivity contribution is -0.140. The quantitative estimate of drug-likeness (QED) is 0.336. The normalized spacial score (nSPS) is 12.8. The Bertz CT molecular complexity index is 1340. The highest BCUT2D eigenvalue weighted by Gasteiger charge is 2.34. The van der Waals surface area contributed by atoms with Crippen LogP contribution in [0, 0.1) is 13.8 Å². The van der Waals surface area contributed by atoms with E-state index in [1.807, 2.05) is 71.0 Å². The fourth-order valence-electron chi connectivity index (χ4n) is 4.48. The average molecular weight is 550 g/mol. The standard InChI is InChI=1S/C31H39N3O4S/c1-6-25(5)32-31(36)29(7-2)33(21-26-14-10-8-11-15-26)30(35)22-34(27-19-23(3)18-24(4)20-27)39(37,38)28-16-12-9-13-17-28/h8-20,25,29H,6-7,21-22H2,1-5H3,(H,32,36)/t25-,29+/m0/s1. The second-order valence-corrected chi connectivity index (χ2v) is 11.8. The van der Waals surface area contributed by atoms with Gasteiger partial charge in [0.1, 0.15) is 12.6 Å². The molecule has 3 aromatic carbocycles. The molecule has 0 saturated carbocycles. The summed E-state index contributed by atoms with van der Waals surface area (Å²) in [5, 5.41) is 2.99. The Morgan fingerprint density at radius 2 is 1.41 bits per heavy atom. The van der Waals surface area contributed by atoms with E-state index in [2.05, 4.69) is 5.32 Å². The Balaban J connectivity index is 2.06. The van der Waals surface area contributed by atoms with Crippen molar-refractivity contribution in [2.75, 3.05) is 10.8 Å². The number of nitrogens with zero attached hydrogens (tertiary/aromatic N) is 2. The molecule has 0 aliphatic carbocycles. The van der Waals surface area contributed by atoms with Gasteiger partial charge in [-0.1, -0.05) is 68.4 Å². The van der Waals surface area contributed by atoms with Crippen molar-refractivity contribution in [3.8, 4) is 0 Å². The number of hydrogen-bond acceptors (Lipinski definition) is 4. The summed E-state index contributed by atoms with van der Waals surface area (Å²) in [7, 11) is -4.08. The van der Waals surface area contributed by atoms with Crippen LogP contribution in [0.3, 0.4) is 0 Å². The molecule has 2 atom stereocenters. The number of rotatable bonds is 12. The van der Waals surface area contributed by atoms with E-state index in [1.54, 1.807) is 30.3 Å². The first-order valence-electron chi connectivity index (χ1n) is 13.4. The van der Waals surface area contributed by atoms with Gasteiger partial charge in [-0.05, 0) is 74.6 Å². The molecular weight excluding hydrogens is 510 g/mol. The number of carbonyl (C=O) groups is 2. The van der Waals surface area contributed by atoms with Crippen LogP contribution in [-0.2, 0) is 26.2 Å². The molecule has 8 heteroatoms. The van der Waals surface area contributed by atoms with Crippen molar-refractivity contribution in [3.63, 3.8) is 0 Å². The fraction of sp³-hybridized carbons (Fsp3) is 0.355. The molecule has 0 heterocycles.